The fraction of sp³-hybridized carbons (Fsp3) is 0.385. The summed E-state index contributed by atoms with van der Waals surface area (Å²) in [4.78, 5) is 30.7. The van der Waals surface area contributed by atoms with Crippen molar-refractivity contribution >= 4 is 16.9 Å². The first kappa shape index (κ1) is 22.1. The van der Waals surface area contributed by atoms with Gasteiger partial charge in [0.2, 0.25) is 5.76 Å². The highest BCUT2D eigenvalue weighted by molar-refractivity contribution is 5.99. The Morgan fingerprint density at radius 2 is 1.78 bits per heavy atom. The summed E-state index contributed by atoms with van der Waals surface area (Å²) in [6.45, 7) is 4.19. The molecule has 1 aromatic heterocycles. The Labute approximate surface area is 188 Å². The molecule has 168 valence electrons. The molecule has 1 atom stereocenters. The summed E-state index contributed by atoms with van der Waals surface area (Å²) in [5.74, 6) is 0.721. The van der Waals surface area contributed by atoms with Crippen molar-refractivity contribution in [1.82, 2.24) is 9.80 Å². The van der Waals surface area contributed by atoms with Gasteiger partial charge in [-0.05, 0) is 63.3 Å². The number of hydrogen-bond acceptors (Lipinski definition) is 5. The van der Waals surface area contributed by atoms with Crippen LogP contribution >= 0.6 is 0 Å². The molecule has 0 bridgehead atoms. The van der Waals surface area contributed by atoms with Gasteiger partial charge >= 0.3 is 0 Å². The number of fused-ring (bicyclic) bond motifs is 2. The van der Waals surface area contributed by atoms with Crippen LogP contribution in [0.5, 0.6) is 5.75 Å². The maximum Gasteiger partial charge on any atom is 0.290 e. The van der Waals surface area contributed by atoms with Gasteiger partial charge in [0.1, 0.15) is 11.3 Å². The molecule has 4 rings (SSSR count). The summed E-state index contributed by atoms with van der Waals surface area (Å²) < 4.78 is 11.8. The third-order valence-corrected chi connectivity index (χ3v) is 5.84. The zero-order chi connectivity index (χ0) is 22.7. The Morgan fingerprint density at radius 3 is 2.50 bits per heavy atom. The number of nitrogens with zero attached hydrogens (tertiary/aromatic N) is 2. The monoisotopic (exact) mass is 434 g/mol. The molecular formula is C26H30N2O4. The molecule has 6 heteroatoms. The van der Waals surface area contributed by atoms with Gasteiger partial charge in [0.25, 0.3) is 5.91 Å². The predicted octanol–water partition coefficient (Wildman–Crippen LogP) is 4.47. The second-order valence-corrected chi connectivity index (χ2v) is 8.50. The number of ether oxygens (including phenoxy) is 1. The van der Waals surface area contributed by atoms with E-state index >= 15 is 0 Å². The summed E-state index contributed by atoms with van der Waals surface area (Å²) in [6, 6.07) is 14.4. The largest absolute Gasteiger partial charge is 0.494 e. The van der Waals surface area contributed by atoms with E-state index in [-0.39, 0.29) is 17.1 Å². The summed E-state index contributed by atoms with van der Waals surface area (Å²) in [7, 11) is 4.01. The van der Waals surface area contributed by atoms with Gasteiger partial charge in [-0.15, -0.1) is 0 Å². The average molecular weight is 435 g/mol. The number of amides is 1. The lowest BCUT2D eigenvalue weighted by Crippen LogP contribution is -2.32. The minimum Gasteiger partial charge on any atom is -0.494 e. The molecule has 2 aromatic carbocycles. The molecule has 0 unspecified atom stereocenters. The molecular weight excluding hydrogens is 404 g/mol. The van der Waals surface area contributed by atoms with Crippen molar-refractivity contribution in [2.45, 2.75) is 32.2 Å². The molecule has 1 amide bonds. The third kappa shape index (κ3) is 4.28. The molecule has 1 aliphatic heterocycles. The zero-order valence-electron chi connectivity index (χ0n) is 19.0. The SMILES string of the molecule is CCCCOc1ccc([C@@H]2c3c(oc4ccccc4c3=O)C(=O)N2CCCN(C)C)cc1. The highest BCUT2D eigenvalue weighted by Gasteiger charge is 2.42. The van der Waals surface area contributed by atoms with E-state index in [0.29, 0.717) is 29.7 Å². The van der Waals surface area contributed by atoms with Crippen molar-refractivity contribution in [3.8, 4) is 5.75 Å². The van der Waals surface area contributed by atoms with E-state index in [1.807, 2.05) is 44.4 Å². The molecule has 6 nitrogen and oxygen atoms in total. The molecule has 0 spiro atoms. The van der Waals surface area contributed by atoms with E-state index < -0.39 is 6.04 Å². The van der Waals surface area contributed by atoms with Crippen molar-refractivity contribution in [3.63, 3.8) is 0 Å². The van der Waals surface area contributed by atoms with E-state index in [1.54, 1.807) is 23.1 Å². The quantitative estimate of drug-likeness (QED) is 0.465. The van der Waals surface area contributed by atoms with Gasteiger partial charge in [-0.3, -0.25) is 9.59 Å². The Hall–Kier alpha value is -3.12. The molecule has 0 saturated heterocycles. The number of benzene rings is 2. The molecule has 0 aliphatic carbocycles. The highest BCUT2D eigenvalue weighted by Crippen LogP contribution is 2.38. The summed E-state index contributed by atoms with van der Waals surface area (Å²) in [6.07, 6.45) is 2.87. The Kier molecular flexibility index (Phi) is 6.61. The molecule has 0 radical (unpaired) electrons. The fourth-order valence-electron chi connectivity index (χ4n) is 4.18. The molecule has 2 heterocycles. The lowest BCUT2D eigenvalue weighted by atomic mass is 9.98. The number of hydrogen-bond donors (Lipinski definition) is 0. The predicted molar refractivity (Wildman–Crippen MR) is 125 cm³/mol. The van der Waals surface area contributed by atoms with Crippen LogP contribution < -0.4 is 10.2 Å². The van der Waals surface area contributed by atoms with E-state index in [2.05, 4.69) is 11.8 Å². The van der Waals surface area contributed by atoms with E-state index in [1.165, 1.54) is 0 Å². The van der Waals surface area contributed by atoms with Crippen molar-refractivity contribution in [2.75, 3.05) is 33.8 Å². The van der Waals surface area contributed by atoms with Gasteiger partial charge in [-0.25, -0.2) is 0 Å². The lowest BCUT2D eigenvalue weighted by Gasteiger charge is -2.26. The van der Waals surface area contributed by atoms with Gasteiger partial charge in [0.05, 0.1) is 23.6 Å². The molecule has 0 fully saturated rings. The van der Waals surface area contributed by atoms with Gasteiger partial charge in [-0.1, -0.05) is 37.6 Å². The first-order valence-corrected chi connectivity index (χ1v) is 11.3. The minimum absolute atomic E-state index is 0.140. The van der Waals surface area contributed by atoms with Crippen LogP contribution in [0.2, 0.25) is 0 Å². The number of para-hydroxylation sites is 1. The average Bonchev–Trinajstić information content (AvgIpc) is 3.06. The molecule has 3 aromatic rings. The van der Waals surface area contributed by atoms with E-state index in [0.717, 1.165) is 37.1 Å². The van der Waals surface area contributed by atoms with Crippen molar-refractivity contribution in [3.05, 3.63) is 75.6 Å². The zero-order valence-corrected chi connectivity index (χ0v) is 19.0. The Bertz CT molecular complexity index is 1150. The van der Waals surface area contributed by atoms with Crippen LogP contribution in [0.15, 0.2) is 57.7 Å². The van der Waals surface area contributed by atoms with Crippen LogP contribution in [0, 0.1) is 0 Å². The number of unbranched alkanes of at least 4 members (excludes halogenated alkanes) is 1. The van der Waals surface area contributed by atoms with Crippen LogP contribution in [0.3, 0.4) is 0 Å². The van der Waals surface area contributed by atoms with Gasteiger partial charge < -0.3 is 19.0 Å². The van der Waals surface area contributed by atoms with Crippen LogP contribution in [0.4, 0.5) is 0 Å². The fourth-order valence-corrected chi connectivity index (χ4v) is 4.18. The Balaban J connectivity index is 1.74. The standard InChI is InChI=1S/C26H30N2O4/c1-4-5-17-31-19-13-11-18(12-14-19)23-22-24(29)20-9-6-7-10-21(20)32-25(22)26(30)28(23)16-8-15-27(2)3/h6-7,9-14,23H,4-5,8,15-17H2,1-3H3/t23-/m1/s1. The summed E-state index contributed by atoms with van der Waals surface area (Å²) in [5, 5.41) is 0.499. The van der Waals surface area contributed by atoms with Crippen molar-refractivity contribution in [2.24, 2.45) is 0 Å². The molecule has 32 heavy (non-hydrogen) atoms. The van der Waals surface area contributed by atoms with Crippen LogP contribution in [0.25, 0.3) is 11.0 Å². The first-order chi connectivity index (χ1) is 15.5. The maximum absolute atomic E-state index is 13.4. The van der Waals surface area contributed by atoms with Crippen LogP contribution in [-0.2, 0) is 0 Å². The van der Waals surface area contributed by atoms with Gasteiger partial charge in [0, 0.05) is 6.54 Å². The molecule has 0 N–H and O–H groups in total. The molecule has 1 aliphatic rings. The van der Waals surface area contributed by atoms with E-state index in [9.17, 15) is 9.59 Å². The van der Waals surface area contributed by atoms with Crippen LogP contribution in [-0.4, -0.2) is 49.5 Å². The first-order valence-electron chi connectivity index (χ1n) is 11.3. The van der Waals surface area contributed by atoms with E-state index in [4.69, 9.17) is 9.15 Å². The molecule has 0 saturated carbocycles. The summed E-state index contributed by atoms with van der Waals surface area (Å²) >= 11 is 0. The topological polar surface area (TPSA) is 63.0 Å². The van der Waals surface area contributed by atoms with Crippen molar-refractivity contribution in [1.29, 1.82) is 0 Å². The second-order valence-electron chi connectivity index (χ2n) is 8.50. The second kappa shape index (κ2) is 9.57. The smallest absolute Gasteiger partial charge is 0.290 e. The van der Waals surface area contributed by atoms with Gasteiger partial charge in [0.15, 0.2) is 5.43 Å². The van der Waals surface area contributed by atoms with Crippen molar-refractivity contribution < 1.29 is 13.9 Å². The number of carbonyl (C=O) groups is 1. The lowest BCUT2D eigenvalue weighted by molar-refractivity contribution is 0.0722. The highest BCUT2D eigenvalue weighted by atomic mass is 16.5. The number of rotatable bonds is 9. The minimum atomic E-state index is -0.467. The third-order valence-electron chi connectivity index (χ3n) is 5.84. The maximum atomic E-state index is 13.4. The summed E-state index contributed by atoms with van der Waals surface area (Å²) in [5.41, 5.74) is 1.61. The van der Waals surface area contributed by atoms with Gasteiger partial charge in [-0.2, -0.15) is 0 Å². The Morgan fingerprint density at radius 1 is 1.03 bits per heavy atom. The van der Waals surface area contributed by atoms with Crippen LogP contribution in [0.1, 0.15) is 53.9 Å². The normalized spacial score (nSPS) is 15.6. The number of carbonyl (C=O) groups excluding carboxylic acids is 1.